The Morgan fingerprint density at radius 3 is 2.94 bits per heavy atom. The molecule has 0 bridgehead atoms. The van der Waals surface area contributed by atoms with Crippen molar-refractivity contribution in [2.75, 3.05) is 5.73 Å². The number of aromatic nitrogens is 2. The van der Waals surface area contributed by atoms with E-state index in [4.69, 9.17) is 10.2 Å². The summed E-state index contributed by atoms with van der Waals surface area (Å²) in [4.78, 5) is 8.54. The lowest BCUT2D eigenvalue weighted by Gasteiger charge is -1.98. The number of hydrogen-bond acceptors (Lipinski definition) is 5. The minimum absolute atomic E-state index is 0.493. The Labute approximate surface area is 102 Å². The molecule has 0 spiro atoms. The maximum Gasteiger partial charge on any atom is 0.153 e. The Balaban J connectivity index is 2.04. The molecule has 3 aromatic rings. The predicted octanol–water partition coefficient (Wildman–Crippen LogP) is 3.05. The van der Waals surface area contributed by atoms with E-state index in [9.17, 15) is 0 Å². The highest BCUT2D eigenvalue weighted by Crippen LogP contribution is 2.31. The third kappa shape index (κ3) is 1.81. The van der Waals surface area contributed by atoms with Gasteiger partial charge in [-0.3, -0.25) is 0 Å². The monoisotopic (exact) mass is 243 g/mol. The van der Waals surface area contributed by atoms with E-state index in [0.29, 0.717) is 5.82 Å². The summed E-state index contributed by atoms with van der Waals surface area (Å²) in [7, 11) is 0. The molecule has 0 aromatic carbocycles. The smallest absolute Gasteiger partial charge is 0.153 e. The molecule has 17 heavy (non-hydrogen) atoms. The lowest BCUT2D eigenvalue weighted by atomic mass is 10.2. The van der Waals surface area contributed by atoms with Gasteiger partial charge in [-0.2, -0.15) is 0 Å². The molecule has 0 unspecified atom stereocenters. The molecule has 0 fully saturated rings. The molecule has 0 aliphatic rings. The fourth-order valence-electron chi connectivity index (χ4n) is 1.53. The highest BCUT2D eigenvalue weighted by molar-refractivity contribution is 7.13. The van der Waals surface area contributed by atoms with E-state index >= 15 is 0 Å². The minimum Gasteiger partial charge on any atom is -0.463 e. The number of thiazole rings is 1. The van der Waals surface area contributed by atoms with Crippen LogP contribution in [0.4, 0.5) is 5.82 Å². The number of pyridine rings is 1. The van der Waals surface area contributed by atoms with Gasteiger partial charge in [-0.25, -0.2) is 9.97 Å². The molecule has 0 atom stereocenters. The van der Waals surface area contributed by atoms with Crippen molar-refractivity contribution in [2.24, 2.45) is 0 Å². The molecule has 4 nitrogen and oxygen atoms in total. The van der Waals surface area contributed by atoms with E-state index in [-0.39, 0.29) is 0 Å². The van der Waals surface area contributed by atoms with Crippen LogP contribution in [0.5, 0.6) is 0 Å². The number of hydrogen-bond donors (Lipinski definition) is 1. The first-order valence-corrected chi connectivity index (χ1v) is 5.93. The van der Waals surface area contributed by atoms with Crippen molar-refractivity contribution < 1.29 is 4.42 Å². The lowest BCUT2D eigenvalue weighted by molar-refractivity contribution is 0.580. The normalized spacial score (nSPS) is 10.6. The zero-order chi connectivity index (χ0) is 11.7. The van der Waals surface area contributed by atoms with Gasteiger partial charge in [0.1, 0.15) is 16.5 Å². The molecular formula is C12H9N3OS. The second-order valence-corrected chi connectivity index (χ2v) is 4.31. The fourth-order valence-corrected chi connectivity index (χ4v) is 2.38. The van der Waals surface area contributed by atoms with E-state index in [1.807, 2.05) is 29.6 Å². The van der Waals surface area contributed by atoms with E-state index in [1.165, 1.54) is 11.3 Å². The average Bonchev–Trinajstić information content (AvgIpc) is 3.00. The Bertz CT molecular complexity index is 631. The number of anilines is 1. The molecular weight excluding hydrogens is 234 g/mol. The van der Waals surface area contributed by atoms with Gasteiger partial charge in [-0.1, -0.05) is 0 Å². The summed E-state index contributed by atoms with van der Waals surface area (Å²) < 4.78 is 5.30. The maximum atomic E-state index is 5.81. The van der Waals surface area contributed by atoms with Crippen molar-refractivity contribution in [1.29, 1.82) is 0 Å². The van der Waals surface area contributed by atoms with Crippen molar-refractivity contribution in [1.82, 2.24) is 9.97 Å². The van der Waals surface area contributed by atoms with Crippen LogP contribution in [-0.4, -0.2) is 9.97 Å². The molecule has 0 amide bonds. The van der Waals surface area contributed by atoms with Crippen LogP contribution in [0.3, 0.4) is 0 Å². The third-order valence-corrected chi connectivity index (χ3v) is 3.22. The summed E-state index contributed by atoms with van der Waals surface area (Å²) in [5.74, 6) is 1.25. The first-order valence-electron chi connectivity index (χ1n) is 5.05. The van der Waals surface area contributed by atoms with Gasteiger partial charge < -0.3 is 10.2 Å². The molecule has 3 aromatic heterocycles. The molecule has 0 aliphatic heterocycles. The van der Waals surface area contributed by atoms with E-state index in [2.05, 4.69) is 9.97 Å². The lowest BCUT2D eigenvalue weighted by Crippen LogP contribution is -1.92. The average molecular weight is 243 g/mol. The van der Waals surface area contributed by atoms with E-state index in [0.717, 1.165) is 22.0 Å². The van der Waals surface area contributed by atoms with Crippen molar-refractivity contribution in [3.8, 4) is 22.0 Å². The van der Waals surface area contributed by atoms with Gasteiger partial charge in [0.25, 0.3) is 0 Å². The van der Waals surface area contributed by atoms with Gasteiger partial charge in [0, 0.05) is 11.6 Å². The molecule has 0 saturated heterocycles. The number of furan rings is 1. The second kappa shape index (κ2) is 4.03. The van der Waals surface area contributed by atoms with Gasteiger partial charge >= 0.3 is 0 Å². The third-order valence-electron chi connectivity index (χ3n) is 2.35. The number of nitrogens with zero attached hydrogens (tertiary/aromatic N) is 2. The Morgan fingerprint density at radius 1 is 1.24 bits per heavy atom. The summed E-state index contributed by atoms with van der Waals surface area (Å²) in [5.41, 5.74) is 7.49. The maximum absolute atomic E-state index is 5.81. The SMILES string of the molecule is Nc1ncccc1-c1nc(-c2ccco2)cs1. The molecule has 5 heteroatoms. The van der Waals surface area contributed by atoms with Gasteiger partial charge in [-0.15, -0.1) is 11.3 Å². The van der Waals surface area contributed by atoms with E-state index < -0.39 is 0 Å². The van der Waals surface area contributed by atoms with Gasteiger partial charge in [-0.05, 0) is 24.3 Å². The van der Waals surface area contributed by atoms with Gasteiger partial charge in [0.15, 0.2) is 5.76 Å². The molecule has 3 rings (SSSR count). The summed E-state index contributed by atoms with van der Waals surface area (Å²) in [6, 6.07) is 7.48. The largest absolute Gasteiger partial charge is 0.463 e. The Morgan fingerprint density at radius 2 is 2.18 bits per heavy atom. The van der Waals surface area contributed by atoms with Crippen LogP contribution in [0, 0.1) is 0 Å². The van der Waals surface area contributed by atoms with Crippen LogP contribution in [0.1, 0.15) is 0 Å². The summed E-state index contributed by atoms with van der Waals surface area (Å²) in [6.45, 7) is 0. The fraction of sp³-hybridized carbons (Fsp3) is 0. The molecule has 3 heterocycles. The van der Waals surface area contributed by atoms with Crippen molar-refractivity contribution in [2.45, 2.75) is 0 Å². The molecule has 0 aliphatic carbocycles. The van der Waals surface area contributed by atoms with Crippen LogP contribution in [0.25, 0.3) is 22.0 Å². The summed E-state index contributed by atoms with van der Waals surface area (Å²) in [5, 5.41) is 2.79. The Kier molecular flexibility index (Phi) is 2.38. The standard InChI is InChI=1S/C12H9N3OS/c13-11-8(3-1-5-14-11)12-15-9(7-17-12)10-4-2-6-16-10/h1-7H,(H2,13,14). The molecule has 84 valence electrons. The molecule has 0 radical (unpaired) electrons. The first kappa shape index (κ1) is 10.0. The highest BCUT2D eigenvalue weighted by atomic mass is 32.1. The number of nitrogen functional groups attached to an aromatic ring is 1. The van der Waals surface area contributed by atoms with Crippen LogP contribution in [-0.2, 0) is 0 Å². The van der Waals surface area contributed by atoms with Crippen molar-refractivity contribution >= 4 is 17.2 Å². The quantitative estimate of drug-likeness (QED) is 0.751. The minimum atomic E-state index is 0.493. The molecule has 2 N–H and O–H groups in total. The van der Waals surface area contributed by atoms with Crippen LogP contribution in [0.2, 0.25) is 0 Å². The summed E-state index contributed by atoms with van der Waals surface area (Å²) in [6.07, 6.45) is 3.30. The van der Waals surface area contributed by atoms with Crippen molar-refractivity contribution in [3.63, 3.8) is 0 Å². The first-order chi connectivity index (χ1) is 8.34. The summed E-state index contributed by atoms with van der Waals surface area (Å²) >= 11 is 1.52. The zero-order valence-electron chi connectivity index (χ0n) is 8.83. The van der Waals surface area contributed by atoms with Gasteiger partial charge in [0.05, 0.1) is 11.8 Å². The predicted molar refractivity (Wildman–Crippen MR) is 67.5 cm³/mol. The van der Waals surface area contributed by atoms with Crippen LogP contribution >= 0.6 is 11.3 Å². The van der Waals surface area contributed by atoms with E-state index in [1.54, 1.807) is 12.5 Å². The van der Waals surface area contributed by atoms with Gasteiger partial charge in [0.2, 0.25) is 0 Å². The number of rotatable bonds is 2. The zero-order valence-corrected chi connectivity index (χ0v) is 9.65. The Hall–Kier alpha value is -2.14. The second-order valence-electron chi connectivity index (χ2n) is 3.45. The molecule has 0 saturated carbocycles. The highest BCUT2D eigenvalue weighted by Gasteiger charge is 2.10. The van der Waals surface area contributed by atoms with Crippen molar-refractivity contribution in [3.05, 3.63) is 42.1 Å². The van der Waals surface area contributed by atoms with Crippen LogP contribution < -0.4 is 5.73 Å². The van der Waals surface area contributed by atoms with Crippen LogP contribution in [0.15, 0.2) is 46.5 Å². The topological polar surface area (TPSA) is 64.9 Å². The number of nitrogens with two attached hydrogens (primary N) is 1.